The Hall–Kier alpha value is -7.20. The van der Waals surface area contributed by atoms with Gasteiger partial charge in [0, 0.05) is 133 Å². The number of hydrogen-bond acceptors (Lipinski definition) is 19. The van der Waals surface area contributed by atoms with Crippen LogP contribution in [0.4, 0.5) is 0 Å². The summed E-state index contributed by atoms with van der Waals surface area (Å²) >= 11 is 3.81. The number of nitrogens with one attached hydrogen (secondary N) is 1. The fraction of sp³-hybridized carbons (Fsp3) is 0.706. The average Bonchev–Trinajstić information content (AvgIpc) is 1.67. The number of carbonyl (C=O) groups excluding carboxylic acids is 2. The van der Waals surface area contributed by atoms with Crippen LogP contribution in [0.25, 0.3) is 21.8 Å². The smallest absolute Gasteiger partial charge is 0.256 e. The molecule has 0 spiro atoms. The number of aromatic nitrogens is 9. The summed E-state index contributed by atoms with van der Waals surface area (Å²) in [4.78, 5) is 36.0. The number of ether oxygens (including phenoxy) is 8. The Labute approximate surface area is 951 Å². The molecule has 1 unspecified atom stereocenters. The van der Waals surface area contributed by atoms with E-state index in [9.17, 15) is 9.59 Å². The molecule has 150 heavy (non-hydrogen) atoms. The van der Waals surface area contributed by atoms with Gasteiger partial charge < -0.3 is 61.3 Å². The second-order valence-electron chi connectivity index (χ2n) is 23.5. The second kappa shape index (κ2) is 221. The third-order valence-corrected chi connectivity index (χ3v) is 16.7. The summed E-state index contributed by atoms with van der Waals surface area (Å²) in [6, 6.07) is 32.1. The van der Waals surface area contributed by atoms with E-state index in [1.807, 2.05) is 356 Å². The summed E-state index contributed by atoms with van der Waals surface area (Å²) < 4.78 is 49.9. The van der Waals surface area contributed by atoms with E-state index in [0.717, 1.165) is 84.0 Å². The lowest BCUT2D eigenvalue weighted by Crippen LogP contribution is -2.26. The van der Waals surface area contributed by atoms with Gasteiger partial charge in [0.2, 0.25) is 0 Å². The summed E-state index contributed by atoms with van der Waals surface area (Å²) in [6.45, 7) is 95.2. The second-order valence-corrected chi connectivity index (χ2v) is 25.6. The van der Waals surface area contributed by atoms with Crippen molar-refractivity contribution in [2.45, 2.75) is 462 Å². The molecule has 24 heteroatoms. The largest absolute Gasteiger partial charge is 0.473 e. The lowest BCUT2D eigenvalue weighted by atomic mass is 10.1. The van der Waals surface area contributed by atoms with E-state index in [1.165, 1.54) is 142 Å². The first-order chi connectivity index (χ1) is 68.4. The van der Waals surface area contributed by atoms with Crippen molar-refractivity contribution in [2.75, 3.05) is 125 Å². The molecule has 1 N–H and O–H groups in total. The van der Waals surface area contributed by atoms with E-state index >= 15 is 0 Å². The van der Waals surface area contributed by atoms with Crippen LogP contribution in [0.1, 0.15) is 455 Å². The molecule has 7 aromatic heterocycles. The van der Waals surface area contributed by atoms with Crippen molar-refractivity contribution in [3.63, 3.8) is 0 Å². The van der Waals surface area contributed by atoms with Crippen molar-refractivity contribution in [3.05, 3.63) is 187 Å². The van der Waals surface area contributed by atoms with Crippen LogP contribution in [-0.2, 0) is 75.2 Å². The molecule has 15 heterocycles. The Kier molecular flexibility index (Phi) is 321. The van der Waals surface area contributed by atoms with E-state index in [-0.39, 0.29) is 93.5 Å². The molecule has 0 radical (unpaired) electrons. The van der Waals surface area contributed by atoms with E-state index in [2.05, 4.69) is 119 Å². The Balaban J connectivity index is -0.0000000400. The molecule has 912 valence electrons. The van der Waals surface area contributed by atoms with Gasteiger partial charge in [0.05, 0.1) is 58.3 Å². The van der Waals surface area contributed by atoms with Crippen molar-refractivity contribution in [3.8, 4) is 0 Å². The number of likely N-dealkylation sites (N-methyl/N-ethyl adjacent to an activating group) is 1. The van der Waals surface area contributed by atoms with Gasteiger partial charge in [0.1, 0.15) is 32.1 Å². The number of para-hydroxylation sites is 2. The maximum atomic E-state index is 11.0. The fourth-order valence-electron chi connectivity index (χ4n) is 9.02. The van der Waals surface area contributed by atoms with Gasteiger partial charge in [-0.2, -0.15) is 28.2 Å². The first-order valence-corrected chi connectivity index (χ1v) is 56.3. The third-order valence-electron chi connectivity index (χ3n) is 14.9. The number of thioether (sulfide) groups is 1. The number of pyridine rings is 1. The summed E-state index contributed by atoms with van der Waals surface area (Å²) in [5.74, 6) is 2.48. The number of rotatable bonds is 2. The van der Waals surface area contributed by atoms with Gasteiger partial charge in [-0.05, 0) is 182 Å². The van der Waals surface area contributed by atoms with Crippen molar-refractivity contribution in [1.82, 2.24) is 53.9 Å². The molecular formula is C126H275N11O11S2. The molecule has 7 fully saturated rings. The number of aromatic amines is 1. The van der Waals surface area contributed by atoms with Gasteiger partial charge in [-0.3, -0.25) is 24.2 Å². The zero-order valence-electron chi connectivity index (χ0n) is 99.7. The molecular weight excluding hydrogens is 1910 g/mol. The molecule has 1 atom stereocenters. The minimum absolute atomic E-state index is 0. The number of nitrogens with zero attached hydrogens (tertiary/aromatic N) is 10. The van der Waals surface area contributed by atoms with Crippen LogP contribution in [0.5, 0.6) is 0 Å². The first kappa shape index (κ1) is 218. The lowest BCUT2D eigenvalue weighted by Gasteiger charge is -2.20. The molecule has 2 aromatic carbocycles. The van der Waals surface area contributed by atoms with Gasteiger partial charge in [-0.25, -0.2) is 4.98 Å². The normalized spacial score (nSPS) is 12.2. The van der Waals surface area contributed by atoms with Gasteiger partial charge in [-0.1, -0.05) is 412 Å². The number of benzene rings is 2. The van der Waals surface area contributed by atoms with Crippen LogP contribution in [0, 0.1) is 0 Å². The molecule has 0 bridgehead atoms. The lowest BCUT2D eigenvalue weighted by molar-refractivity contribution is -0.135. The standard InChI is InChI=1S/C11H13NO.C8H7N.C7H9NO2.C6H13N.C5H5N.C5H10O2.C5H10O.C5H10S.C4H8O2.C4H8O.C4H4O.C4H4S.2C3H5N3.C3H6O.19C2H6.11CH4/c1-12-7-9(8-13-2)10-5-3-4-6-11(10)12;1-2-4-8-7(3-1)5-6-9-8;1-4-5(2)7(10)8(3)6(4)9;1-7-5-3-2-4-6-7;1-2-4-6-5-3-1;1-5-4-6-2-3-7-5;2*1-2-4-6-5-3-1;1-2-5-4-6-3-1;3*1-2-4-5-3-1;1-6-2-4-5-3-6;1-6-3-4-2-5-6;1-2-4-3-1;19*1-2;;;;;;;;;;;/h3-7H,8H2,1-2H3;1-6,9H;1-3H3;2-6H2,1H3;1-5H;5H,2-4H2,1H3;2*1-5H2;1-4H2;1-4H2;2*1-4H;2*2-3H,1H3;1-3H2;19*1-2H3;11*1H4. The van der Waals surface area contributed by atoms with E-state index in [4.69, 9.17) is 37.9 Å². The number of methoxy groups -OCH3 is 1. The molecule has 8 aliphatic rings. The number of likely N-dealkylation sites (tertiary alicyclic amines) is 1. The SMILES string of the molecule is C.C.C.C.C.C.C.C.C.C.C.C1CCOC1.C1CCOCC1.C1CCSCC1.C1COC1.C1COCOC1.CC.CC.CC.CC.CC.CC.CC.CC.CC.CC.CC.CC.CC.CC.CC.CC.CC.CC.CC.CC1=C(C)C(=O)N(C)C1=O.CC1COCCO1.CN1CCCCC1.COCc1cn(C)c2ccccc12.Cn1cncn1.Cn1cnnc1.c1ccc2[nH]ccc2c1.c1ccncc1.c1ccoc1.c1ccsc1. The van der Waals surface area contributed by atoms with Crippen LogP contribution in [0.2, 0.25) is 0 Å². The minimum atomic E-state index is -0.178. The zero-order chi connectivity index (χ0) is 111. The molecule has 2 amide bonds. The molecule has 7 saturated heterocycles. The molecule has 22 nitrogen and oxygen atoms in total. The summed E-state index contributed by atoms with van der Waals surface area (Å²) in [7, 11) is 11.2. The summed E-state index contributed by atoms with van der Waals surface area (Å²) in [5, 5.41) is 17.4. The Morgan fingerprint density at radius 2 is 0.773 bits per heavy atom. The van der Waals surface area contributed by atoms with Crippen molar-refractivity contribution in [2.24, 2.45) is 21.1 Å². The fourth-order valence-corrected chi connectivity index (χ4v) is 10.5. The van der Waals surface area contributed by atoms with Gasteiger partial charge in [-0.15, -0.1) is 10.2 Å². The average molecular weight is 2180 g/mol. The minimum Gasteiger partial charge on any atom is -0.473 e. The molecule has 0 aliphatic carbocycles. The summed E-state index contributed by atoms with van der Waals surface area (Å²) in [6.07, 6.45) is 35.0. The highest BCUT2D eigenvalue weighted by Crippen LogP contribution is 2.21. The maximum Gasteiger partial charge on any atom is 0.256 e. The van der Waals surface area contributed by atoms with Crippen molar-refractivity contribution < 1.29 is 51.9 Å². The van der Waals surface area contributed by atoms with Gasteiger partial charge in [0.25, 0.3) is 11.8 Å². The highest BCUT2D eigenvalue weighted by molar-refractivity contribution is 7.99. The van der Waals surface area contributed by atoms with Crippen LogP contribution in [0.3, 0.4) is 0 Å². The summed E-state index contributed by atoms with van der Waals surface area (Å²) in [5.41, 5.74) is 4.84. The van der Waals surface area contributed by atoms with Crippen LogP contribution < -0.4 is 0 Å². The number of thiophene rings is 1. The molecule has 9 aromatic rings. The Bertz CT molecular complexity index is 3000. The Morgan fingerprint density at radius 3 is 0.987 bits per heavy atom. The third kappa shape index (κ3) is 166. The van der Waals surface area contributed by atoms with Gasteiger partial charge >= 0.3 is 0 Å². The van der Waals surface area contributed by atoms with E-state index in [1.54, 1.807) is 85.4 Å². The predicted octanol–water partition coefficient (Wildman–Crippen LogP) is 41.2. The number of furan rings is 1. The number of amides is 2. The number of piperidine rings is 1. The predicted molar refractivity (Wildman–Crippen MR) is 697 cm³/mol. The van der Waals surface area contributed by atoms with Crippen molar-refractivity contribution >= 4 is 56.7 Å². The zero-order valence-corrected chi connectivity index (χ0v) is 101. The molecule has 8 aliphatic heterocycles. The highest BCUT2D eigenvalue weighted by atomic mass is 32.2. The van der Waals surface area contributed by atoms with Crippen LogP contribution in [-0.4, -0.2) is 197 Å². The number of H-pyrrole nitrogens is 1. The number of hydrogen-bond donors (Lipinski definition) is 1. The number of aryl methyl sites for hydroxylation is 3. The number of carbonyl (C=O) groups is 2. The number of imide groups is 1. The first-order valence-electron chi connectivity index (χ1n) is 54.2. The monoisotopic (exact) mass is 2180 g/mol. The van der Waals surface area contributed by atoms with Gasteiger partial charge in [0.15, 0.2) is 0 Å². The van der Waals surface area contributed by atoms with Crippen LogP contribution in [0.15, 0.2) is 186 Å². The topological polar surface area (TPSA) is 223 Å². The Morgan fingerprint density at radius 1 is 0.393 bits per heavy atom. The van der Waals surface area contributed by atoms with E-state index < -0.39 is 0 Å². The quantitative estimate of drug-likeness (QED) is 0.159. The maximum absolute atomic E-state index is 11.0. The molecule has 0 saturated carbocycles. The number of fused-ring (bicyclic) bond motifs is 2. The van der Waals surface area contributed by atoms with Crippen LogP contribution >= 0.6 is 23.1 Å². The van der Waals surface area contributed by atoms with E-state index in [0.29, 0.717) is 30.6 Å². The van der Waals surface area contributed by atoms with Crippen molar-refractivity contribution in [1.29, 1.82) is 0 Å². The highest BCUT2D eigenvalue weighted by Gasteiger charge is 2.29. The molecule has 17 rings (SSSR count).